The van der Waals surface area contributed by atoms with Crippen molar-refractivity contribution in [3.63, 3.8) is 0 Å². The fourth-order valence-electron chi connectivity index (χ4n) is 2.88. The van der Waals surface area contributed by atoms with Gasteiger partial charge in [0.05, 0.1) is 6.42 Å². The number of carbonyl (C=O) groups is 2. The minimum Gasteiger partial charge on any atom is -0.357 e. The molecule has 0 heterocycles. The number of carbonyl (C=O) groups excluding carboxylic acids is 2. The Balaban J connectivity index is 2.29. The maximum Gasteiger partial charge on any atom is 0.242 e. The van der Waals surface area contributed by atoms with E-state index < -0.39 is 6.04 Å². The molecule has 1 N–H and O–H groups in total. The Hall–Kier alpha value is -2.33. The Labute approximate surface area is 160 Å². The number of hydrogen-bond acceptors (Lipinski definition) is 2. The lowest BCUT2D eigenvalue weighted by molar-refractivity contribution is -0.140. The van der Waals surface area contributed by atoms with Crippen LogP contribution in [0.4, 0.5) is 0 Å². The molecule has 0 aromatic heterocycles. The van der Waals surface area contributed by atoms with Crippen molar-refractivity contribution in [3.8, 4) is 0 Å². The molecule has 0 saturated heterocycles. The molecular weight excluding hydrogens is 348 g/mol. The van der Waals surface area contributed by atoms with E-state index in [-0.39, 0.29) is 18.2 Å². The molecule has 0 aliphatic rings. The zero-order chi connectivity index (χ0) is 19.1. The van der Waals surface area contributed by atoms with Crippen LogP contribution in [0.1, 0.15) is 30.0 Å². The van der Waals surface area contributed by atoms with Crippen molar-refractivity contribution in [2.75, 3.05) is 7.05 Å². The summed E-state index contributed by atoms with van der Waals surface area (Å²) in [5.74, 6) is -0.277. The first-order chi connectivity index (χ1) is 12.5. The van der Waals surface area contributed by atoms with Crippen LogP contribution in [0.25, 0.3) is 0 Å². The second-order valence-corrected chi connectivity index (χ2v) is 6.72. The second-order valence-electron chi connectivity index (χ2n) is 6.31. The van der Waals surface area contributed by atoms with Gasteiger partial charge in [0.15, 0.2) is 0 Å². The summed E-state index contributed by atoms with van der Waals surface area (Å²) in [6.45, 7) is 4.31. The Kier molecular flexibility index (Phi) is 7.22. The van der Waals surface area contributed by atoms with E-state index in [0.29, 0.717) is 18.0 Å². The highest BCUT2D eigenvalue weighted by atomic mass is 35.5. The smallest absolute Gasteiger partial charge is 0.242 e. The largest absolute Gasteiger partial charge is 0.357 e. The van der Waals surface area contributed by atoms with Crippen molar-refractivity contribution >= 4 is 23.4 Å². The molecule has 1 atom stereocenters. The number of benzene rings is 2. The predicted molar refractivity (Wildman–Crippen MR) is 105 cm³/mol. The first-order valence-electron chi connectivity index (χ1n) is 8.76. The van der Waals surface area contributed by atoms with E-state index in [9.17, 15) is 9.59 Å². The Morgan fingerprint density at radius 1 is 1.12 bits per heavy atom. The van der Waals surface area contributed by atoms with Crippen LogP contribution in [0.5, 0.6) is 0 Å². The zero-order valence-corrected chi connectivity index (χ0v) is 16.2. The van der Waals surface area contributed by atoms with Crippen LogP contribution < -0.4 is 5.32 Å². The molecule has 2 amide bonds. The number of amides is 2. The third-order valence-electron chi connectivity index (χ3n) is 4.41. The van der Waals surface area contributed by atoms with E-state index in [0.717, 1.165) is 16.7 Å². The number of hydrogen-bond donors (Lipinski definition) is 1. The summed E-state index contributed by atoms with van der Waals surface area (Å²) in [7, 11) is 1.59. The zero-order valence-electron chi connectivity index (χ0n) is 15.5. The van der Waals surface area contributed by atoms with Gasteiger partial charge in [0.1, 0.15) is 6.04 Å². The van der Waals surface area contributed by atoms with Crippen molar-refractivity contribution in [3.05, 3.63) is 70.2 Å². The lowest BCUT2D eigenvalue weighted by Gasteiger charge is -2.30. The first-order valence-corrected chi connectivity index (χ1v) is 9.14. The van der Waals surface area contributed by atoms with Crippen LogP contribution in [0.15, 0.2) is 48.5 Å². The minimum atomic E-state index is -0.517. The van der Waals surface area contributed by atoms with Gasteiger partial charge >= 0.3 is 0 Å². The molecule has 0 saturated carbocycles. The number of nitrogens with one attached hydrogen (secondary N) is 1. The molecule has 0 fully saturated rings. The first kappa shape index (κ1) is 20.0. The summed E-state index contributed by atoms with van der Waals surface area (Å²) in [4.78, 5) is 27.0. The van der Waals surface area contributed by atoms with Gasteiger partial charge in [0, 0.05) is 18.6 Å². The number of nitrogens with zero attached hydrogens (tertiary/aromatic N) is 1. The number of halogens is 1. The fourth-order valence-corrected chi connectivity index (χ4v) is 3.09. The van der Waals surface area contributed by atoms with Crippen LogP contribution in [0, 0.1) is 6.92 Å². The molecule has 0 spiro atoms. The molecule has 0 bridgehead atoms. The van der Waals surface area contributed by atoms with E-state index in [1.165, 1.54) is 0 Å². The summed E-state index contributed by atoms with van der Waals surface area (Å²) in [5, 5.41) is 3.22. The van der Waals surface area contributed by atoms with Gasteiger partial charge in [0.2, 0.25) is 11.8 Å². The number of rotatable bonds is 7. The standard InChI is InChI=1S/C21H25ClN2O2/c1-4-19(21(26)23-3)24(14-16-11-9-15(2)10-12-16)20(25)13-17-7-5-6-8-18(17)22/h5-12,19H,4,13-14H2,1-3H3,(H,23,26). The van der Waals surface area contributed by atoms with Gasteiger partial charge in [-0.15, -0.1) is 0 Å². The van der Waals surface area contributed by atoms with Gasteiger partial charge in [-0.1, -0.05) is 66.6 Å². The van der Waals surface area contributed by atoms with Crippen molar-refractivity contribution in [2.45, 2.75) is 39.3 Å². The average molecular weight is 373 g/mol. The van der Waals surface area contributed by atoms with Gasteiger partial charge < -0.3 is 10.2 Å². The van der Waals surface area contributed by atoms with Gasteiger partial charge in [-0.2, -0.15) is 0 Å². The van der Waals surface area contributed by atoms with Crippen LogP contribution in [-0.4, -0.2) is 29.8 Å². The van der Waals surface area contributed by atoms with E-state index in [1.54, 1.807) is 18.0 Å². The maximum atomic E-state index is 13.0. The fraction of sp³-hybridized carbons (Fsp3) is 0.333. The quantitative estimate of drug-likeness (QED) is 0.804. The van der Waals surface area contributed by atoms with Crippen molar-refractivity contribution in [1.29, 1.82) is 0 Å². The molecular formula is C21H25ClN2O2. The molecule has 2 rings (SSSR count). The summed E-state index contributed by atoms with van der Waals surface area (Å²) >= 11 is 6.20. The molecule has 0 radical (unpaired) electrons. The maximum absolute atomic E-state index is 13.0. The summed E-state index contributed by atoms with van der Waals surface area (Å²) in [5.41, 5.74) is 2.91. The molecule has 26 heavy (non-hydrogen) atoms. The Bertz CT molecular complexity index is 759. The molecule has 0 aliphatic heterocycles. The van der Waals surface area contributed by atoms with Crippen LogP contribution >= 0.6 is 11.6 Å². The van der Waals surface area contributed by atoms with Gasteiger partial charge in [-0.3, -0.25) is 9.59 Å². The lowest BCUT2D eigenvalue weighted by Crippen LogP contribution is -2.48. The Morgan fingerprint density at radius 3 is 2.35 bits per heavy atom. The van der Waals surface area contributed by atoms with Crippen molar-refractivity contribution in [2.24, 2.45) is 0 Å². The molecule has 2 aromatic carbocycles. The van der Waals surface area contributed by atoms with Crippen LogP contribution in [0.3, 0.4) is 0 Å². The number of aryl methyl sites for hydroxylation is 1. The highest BCUT2D eigenvalue weighted by Gasteiger charge is 2.28. The Morgan fingerprint density at radius 2 is 1.77 bits per heavy atom. The third-order valence-corrected chi connectivity index (χ3v) is 4.77. The molecule has 2 aromatic rings. The van der Waals surface area contributed by atoms with Gasteiger partial charge in [-0.05, 0) is 30.5 Å². The number of likely N-dealkylation sites (N-methyl/N-ethyl adjacent to an activating group) is 1. The monoisotopic (exact) mass is 372 g/mol. The normalized spacial score (nSPS) is 11.7. The van der Waals surface area contributed by atoms with E-state index in [4.69, 9.17) is 11.6 Å². The molecule has 0 aliphatic carbocycles. The molecule has 1 unspecified atom stereocenters. The average Bonchev–Trinajstić information content (AvgIpc) is 2.64. The predicted octanol–water partition coefficient (Wildman–Crippen LogP) is 3.74. The lowest BCUT2D eigenvalue weighted by atomic mass is 10.1. The third kappa shape index (κ3) is 5.09. The SMILES string of the molecule is CCC(C(=O)NC)N(Cc1ccc(C)cc1)C(=O)Cc1ccccc1Cl. The minimum absolute atomic E-state index is 0.117. The molecule has 5 heteroatoms. The molecule has 4 nitrogen and oxygen atoms in total. The topological polar surface area (TPSA) is 49.4 Å². The van der Waals surface area contributed by atoms with E-state index in [2.05, 4.69) is 5.32 Å². The highest BCUT2D eigenvalue weighted by Crippen LogP contribution is 2.19. The summed E-state index contributed by atoms with van der Waals surface area (Å²) in [6, 6.07) is 14.8. The van der Waals surface area contributed by atoms with Gasteiger partial charge in [0.25, 0.3) is 0 Å². The van der Waals surface area contributed by atoms with Crippen molar-refractivity contribution in [1.82, 2.24) is 10.2 Å². The van der Waals surface area contributed by atoms with Crippen LogP contribution in [-0.2, 0) is 22.6 Å². The van der Waals surface area contributed by atoms with E-state index in [1.807, 2.05) is 56.3 Å². The highest BCUT2D eigenvalue weighted by molar-refractivity contribution is 6.31. The summed E-state index contributed by atoms with van der Waals surface area (Å²) in [6.07, 6.45) is 0.707. The van der Waals surface area contributed by atoms with E-state index >= 15 is 0 Å². The summed E-state index contributed by atoms with van der Waals surface area (Å²) < 4.78 is 0. The van der Waals surface area contributed by atoms with Crippen LogP contribution in [0.2, 0.25) is 5.02 Å². The second kappa shape index (κ2) is 9.39. The molecule has 138 valence electrons. The van der Waals surface area contributed by atoms with Gasteiger partial charge in [-0.25, -0.2) is 0 Å². The van der Waals surface area contributed by atoms with Crippen molar-refractivity contribution < 1.29 is 9.59 Å².